The van der Waals surface area contributed by atoms with Crippen molar-refractivity contribution in [3.8, 4) is 5.75 Å². The number of halogens is 3. The summed E-state index contributed by atoms with van der Waals surface area (Å²) in [6, 6.07) is 9.02. The molecule has 1 atom stereocenters. The third kappa shape index (κ3) is 6.34. The van der Waals surface area contributed by atoms with Crippen LogP contribution in [0.15, 0.2) is 41.8 Å². The van der Waals surface area contributed by atoms with Gasteiger partial charge in [-0.3, -0.25) is 4.79 Å². The molecule has 8 heteroatoms. The number of hydrogen-bond donors (Lipinski definition) is 2. The standard InChI is InChI=1S/C18H21F3N2O2S/c1-17(2,3)16(14-5-4-10-26-14)22-11-15(24)23-12-6-8-13(9-7-12)25-18(19,20)21/h4-10,16,22H,11H2,1-3H3,(H,23,24). The van der Waals surface area contributed by atoms with Crippen LogP contribution in [0.5, 0.6) is 5.75 Å². The second-order valence-electron chi connectivity index (χ2n) is 6.82. The zero-order valence-electron chi connectivity index (χ0n) is 14.7. The fourth-order valence-corrected chi connectivity index (χ4v) is 3.47. The number of anilines is 1. The minimum Gasteiger partial charge on any atom is -0.406 e. The number of carbonyl (C=O) groups is 1. The predicted octanol–water partition coefficient (Wildman–Crippen LogP) is 4.96. The van der Waals surface area contributed by atoms with E-state index in [2.05, 4.69) is 36.1 Å². The molecule has 2 N–H and O–H groups in total. The Kier molecular flexibility index (Phi) is 6.30. The van der Waals surface area contributed by atoms with Crippen LogP contribution in [-0.4, -0.2) is 18.8 Å². The Morgan fingerprint density at radius 1 is 1.15 bits per heavy atom. The Hall–Kier alpha value is -2.06. The van der Waals surface area contributed by atoms with Crippen molar-refractivity contribution in [3.63, 3.8) is 0 Å². The number of hydrogen-bond acceptors (Lipinski definition) is 4. The largest absolute Gasteiger partial charge is 0.573 e. The lowest BCUT2D eigenvalue weighted by Gasteiger charge is -2.30. The van der Waals surface area contributed by atoms with Crippen molar-refractivity contribution >= 4 is 22.9 Å². The second-order valence-corrected chi connectivity index (χ2v) is 7.79. The maximum Gasteiger partial charge on any atom is 0.573 e. The molecule has 0 saturated heterocycles. The summed E-state index contributed by atoms with van der Waals surface area (Å²) in [4.78, 5) is 13.3. The summed E-state index contributed by atoms with van der Waals surface area (Å²) in [5.41, 5.74) is 0.316. The summed E-state index contributed by atoms with van der Waals surface area (Å²) < 4.78 is 40.2. The van der Waals surface area contributed by atoms with Crippen molar-refractivity contribution in [3.05, 3.63) is 46.7 Å². The van der Waals surface area contributed by atoms with E-state index in [4.69, 9.17) is 0 Å². The lowest BCUT2D eigenvalue weighted by molar-refractivity contribution is -0.274. The van der Waals surface area contributed by atoms with E-state index in [1.54, 1.807) is 11.3 Å². The molecule has 1 aromatic heterocycles. The summed E-state index contributed by atoms with van der Waals surface area (Å²) >= 11 is 1.62. The number of benzene rings is 1. The molecule has 0 radical (unpaired) electrons. The van der Waals surface area contributed by atoms with Gasteiger partial charge < -0.3 is 15.4 Å². The second kappa shape index (κ2) is 8.09. The van der Waals surface area contributed by atoms with Gasteiger partial charge in [0, 0.05) is 16.6 Å². The van der Waals surface area contributed by atoms with Gasteiger partial charge >= 0.3 is 6.36 Å². The Labute approximate surface area is 154 Å². The molecule has 0 fully saturated rings. The van der Waals surface area contributed by atoms with Crippen LogP contribution in [0.4, 0.5) is 18.9 Å². The molecule has 0 aliphatic rings. The van der Waals surface area contributed by atoms with Crippen LogP contribution in [0.1, 0.15) is 31.7 Å². The van der Waals surface area contributed by atoms with Crippen molar-refractivity contribution in [2.24, 2.45) is 5.41 Å². The van der Waals surface area contributed by atoms with Gasteiger partial charge in [-0.05, 0) is 41.1 Å². The zero-order chi connectivity index (χ0) is 19.4. The van der Waals surface area contributed by atoms with Crippen molar-refractivity contribution in [1.29, 1.82) is 0 Å². The first kappa shape index (κ1) is 20.3. The highest BCUT2D eigenvalue weighted by Gasteiger charge is 2.31. The molecule has 142 valence electrons. The number of rotatable bonds is 6. The number of amides is 1. The van der Waals surface area contributed by atoms with Gasteiger partial charge in [0.25, 0.3) is 0 Å². The Balaban J connectivity index is 1.92. The van der Waals surface area contributed by atoms with E-state index in [1.165, 1.54) is 12.1 Å². The highest BCUT2D eigenvalue weighted by Crippen LogP contribution is 2.34. The average molecular weight is 386 g/mol. The van der Waals surface area contributed by atoms with E-state index in [9.17, 15) is 18.0 Å². The summed E-state index contributed by atoms with van der Waals surface area (Å²) in [7, 11) is 0. The smallest absolute Gasteiger partial charge is 0.406 e. The van der Waals surface area contributed by atoms with Gasteiger partial charge in [-0.15, -0.1) is 24.5 Å². The summed E-state index contributed by atoms with van der Waals surface area (Å²) in [5.74, 6) is -0.612. The van der Waals surface area contributed by atoms with E-state index < -0.39 is 6.36 Å². The molecule has 2 aromatic rings. The normalized spacial score (nSPS) is 13.3. The molecule has 2 rings (SSSR count). The molecule has 0 aliphatic heterocycles. The minimum absolute atomic E-state index is 0.0100. The van der Waals surface area contributed by atoms with Gasteiger partial charge in [-0.1, -0.05) is 26.8 Å². The van der Waals surface area contributed by atoms with Gasteiger partial charge in [-0.2, -0.15) is 0 Å². The van der Waals surface area contributed by atoms with Gasteiger partial charge in [0.05, 0.1) is 6.54 Å². The van der Waals surface area contributed by atoms with Gasteiger partial charge in [0.1, 0.15) is 5.75 Å². The first-order valence-corrected chi connectivity index (χ1v) is 8.85. The molecule has 0 bridgehead atoms. The molecule has 0 saturated carbocycles. The van der Waals surface area contributed by atoms with Crippen molar-refractivity contribution in [2.45, 2.75) is 33.2 Å². The summed E-state index contributed by atoms with van der Waals surface area (Å²) in [6.45, 7) is 6.34. The molecular formula is C18H21F3N2O2S. The highest BCUT2D eigenvalue weighted by molar-refractivity contribution is 7.10. The van der Waals surface area contributed by atoms with Crippen LogP contribution >= 0.6 is 11.3 Å². The molecule has 4 nitrogen and oxygen atoms in total. The number of alkyl halides is 3. The zero-order valence-corrected chi connectivity index (χ0v) is 15.5. The SMILES string of the molecule is CC(C)(C)C(NCC(=O)Nc1ccc(OC(F)(F)F)cc1)c1cccs1. The first-order chi connectivity index (χ1) is 12.0. The number of thiophene rings is 1. The molecule has 0 spiro atoms. The molecule has 1 aromatic carbocycles. The minimum atomic E-state index is -4.74. The van der Waals surface area contributed by atoms with Gasteiger partial charge in [-0.25, -0.2) is 0 Å². The molecule has 1 amide bonds. The number of carbonyl (C=O) groups excluding carboxylic acids is 1. The molecule has 26 heavy (non-hydrogen) atoms. The molecule has 1 unspecified atom stereocenters. The number of ether oxygens (including phenoxy) is 1. The molecule has 1 heterocycles. The van der Waals surface area contributed by atoms with Gasteiger partial charge in [0.15, 0.2) is 0 Å². The Morgan fingerprint density at radius 3 is 2.31 bits per heavy atom. The summed E-state index contributed by atoms with van der Waals surface area (Å²) in [6.07, 6.45) is -4.74. The summed E-state index contributed by atoms with van der Waals surface area (Å²) in [5, 5.41) is 7.89. The van der Waals surface area contributed by atoms with Crippen molar-refractivity contribution < 1.29 is 22.7 Å². The predicted molar refractivity (Wildman–Crippen MR) is 96.3 cm³/mol. The van der Waals surface area contributed by atoms with Crippen LogP contribution in [0.25, 0.3) is 0 Å². The Bertz CT molecular complexity index is 708. The number of nitrogens with one attached hydrogen (secondary N) is 2. The van der Waals surface area contributed by atoms with Crippen LogP contribution in [0.3, 0.4) is 0 Å². The topological polar surface area (TPSA) is 50.4 Å². The van der Waals surface area contributed by atoms with Crippen LogP contribution in [-0.2, 0) is 4.79 Å². The van der Waals surface area contributed by atoms with E-state index in [0.29, 0.717) is 5.69 Å². The highest BCUT2D eigenvalue weighted by atomic mass is 32.1. The van der Waals surface area contributed by atoms with E-state index >= 15 is 0 Å². The van der Waals surface area contributed by atoms with Crippen molar-refractivity contribution in [1.82, 2.24) is 5.32 Å². The maximum absolute atomic E-state index is 12.1. The lowest BCUT2D eigenvalue weighted by Crippen LogP contribution is -2.37. The third-order valence-corrected chi connectivity index (χ3v) is 4.47. The van der Waals surface area contributed by atoms with E-state index in [-0.39, 0.29) is 29.7 Å². The lowest BCUT2D eigenvalue weighted by atomic mass is 9.86. The fourth-order valence-electron chi connectivity index (χ4n) is 2.43. The van der Waals surface area contributed by atoms with E-state index in [0.717, 1.165) is 17.0 Å². The van der Waals surface area contributed by atoms with Crippen LogP contribution < -0.4 is 15.4 Å². The van der Waals surface area contributed by atoms with Crippen LogP contribution in [0, 0.1) is 5.41 Å². The van der Waals surface area contributed by atoms with Gasteiger partial charge in [0.2, 0.25) is 5.91 Å². The quantitative estimate of drug-likeness (QED) is 0.738. The van der Waals surface area contributed by atoms with E-state index in [1.807, 2.05) is 17.5 Å². The third-order valence-electron chi connectivity index (χ3n) is 3.53. The molecule has 0 aliphatic carbocycles. The first-order valence-electron chi connectivity index (χ1n) is 7.97. The Morgan fingerprint density at radius 2 is 1.81 bits per heavy atom. The van der Waals surface area contributed by atoms with Crippen molar-refractivity contribution in [2.75, 3.05) is 11.9 Å². The van der Waals surface area contributed by atoms with Crippen LogP contribution in [0.2, 0.25) is 0 Å². The molecular weight excluding hydrogens is 365 g/mol. The maximum atomic E-state index is 12.1. The monoisotopic (exact) mass is 386 g/mol. The average Bonchev–Trinajstić information content (AvgIpc) is 3.00. The fraction of sp³-hybridized carbons (Fsp3) is 0.389.